The lowest BCUT2D eigenvalue weighted by Crippen LogP contribution is -2.32. The molecule has 28 heavy (non-hydrogen) atoms. The molecule has 0 atom stereocenters. The van der Waals surface area contributed by atoms with E-state index >= 15 is 0 Å². The maximum absolute atomic E-state index is 12.6. The van der Waals surface area contributed by atoms with Gasteiger partial charge < -0.3 is 20.1 Å². The molecule has 2 heterocycles. The average molecular weight is 376 g/mol. The first-order valence-electron chi connectivity index (χ1n) is 9.19. The highest BCUT2D eigenvalue weighted by Gasteiger charge is 2.20. The fraction of sp³-hybridized carbons (Fsp3) is 0.190. The Bertz CT molecular complexity index is 978. The topological polar surface area (TPSA) is 87.5 Å². The molecular weight excluding hydrogens is 356 g/mol. The van der Waals surface area contributed by atoms with Crippen molar-refractivity contribution in [1.29, 1.82) is 0 Å². The van der Waals surface area contributed by atoms with E-state index in [0.717, 1.165) is 31.5 Å². The molecule has 1 aliphatic rings. The Balaban J connectivity index is 1.48. The number of anilines is 2. The number of nitrogens with zero attached hydrogens (tertiary/aromatic N) is 2. The van der Waals surface area contributed by atoms with Crippen molar-refractivity contribution in [3.05, 3.63) is 66.4 Å². The van der Waals surface area contributed by atoms with Gasteiger partial charge in [-0.3, -0.25) is 4.79 Å². The maximum Gasteiger partial charge on any atom is 0.321 e. The van der Waals surface area contributed by atoms with Crippen LogP contribution in [0.1, 0.15) is 23.3 Å². The quantitative estimate of drug-likeness (QED) is 0.714. The summed E-state index contributed by atoms with van der Waals surface area (Å²) in [5, 5.41) is 9.52. The number of carbonyl (C=O) groups excluding carboxylic acids is 2. The summed E-state index contributed by atoms with van der Waals surface area (Å²) >= 11 is 0. The van der Waals surface area contributed by atoms with Crippen molar-refractivity contribution >= 4 is 23.3 Å². The molecule has 2 N–H and O–H groups in total. The second kappa shape index (κ2) is 7.96. The first-order chi connectivity index (χ1) is 13.7. The van der Waals surface area contributed by atoms with E-state index < -0.39 is 5.91 Å². The number of urea groups is 1. The van der Waals surface area contributed by atoms with E-state index in [1.54, 1.807) is 35.2 Å². The second-order valence-corrected chi connectivity index (χ2v) is 6.57. The first-order valence-corrected chi connectivity index (χ1v) is 9.19. The summed E-state index contributed by atoms with van der Waals surface area (Å²) in [7, 11) is 0. The number of hydrogen-bond acceptors (Lipinski definition) is 4. The van der Waals surface area contributed by atoms with Gasteiger partial charge in [-0.05, 0) is 25.0 Å². The van der Waals surface area contributed by atoms with Gasteiger partial charge in [-0.1, -0.05) is 47.6 Å². The van der Waals surface area contributed by atoms with Gasteiger partial charge >= 0.3 is 6.03 Å². The molecule has 0 unspecified atom stereocenters. The molecule has 7 heteroatoms. The molecule has 142 valence electrons. The molecule has 3 amide bonds. The van der Waals surface area contributed by atoms with Crippen molar-refractivity contribution < 1.29 is 14.1 Å². The highest BCUT2D eigenvalue weighted by Crippen LogP contribution is 2.24. The Labute approximate surface area is 162 Å². The van der Waals surface area contributed by atoms with Crippen LogP contribution in [0.2, 0.25) is 0 Å². The number of nitrogens with one attached hydrogen (secondary N) is 2. The molecule has 0 spiro atoms. The summed E-state index contributed by atoms with van der Waals surface area (Å²) in [5.74, 6) is 0.107. The first kappa shape index (κ1) is 17.8. The molecule has 0 bridgehead atoms. The minimum atomic E-state index is -0.409. The molecule has 4 rings (SSSR count). The summed E-state index contributed by atoms with van der Waals surface area (Å²) in [4.78, 5) is 26.7. The van der Waals surface area contributed by atoms with Crippen molar-refractivity contribution in [3.63, 3.8) is 0 Å². The van der Waals surface area contributed by atoms with E-state index in [9.17, 15) is 9.59 Å². The molecule has 7 nitrogen and oxygen atoms in total. The lowest BCUT2D eigenvalue weighted by molar-refractivity contribution is 0.101. The van der Waals surface area contributed by atoms with Crippen molar-refractivity contribution in [2.24, 2.45) is 0 Å². The minimum Gasteiger partial charge on any atom is -0.355 e. The molecule has 3 aromatic rings. The minimum absolute atomic E-state index is 0.160. The fourth-order valence-corrected chi connectivity index (χ4v) is 3.12. The third-order valence-electron chi connectivity index (χ3n) is 4.61. The van der Waals surface area contributed by atoms with Gasteiger partial charge in [0.2, 0.25) is 0 Å². The second-order valence-electron chi connectivity index (χ2n) is 6.57. The van der Waals surface area contributed by atoms with Gasteiger partial charge in [0.05, 0.1) is 11.4 Å². The number of hydrogen-bond donors (Lipinski definition) is 2. The van der Waals surface area contributed by atoms with Crippen LogP contribution in [0.25, 0.3) is 11.3 Å². The highest BCUT2D eigenvalue weighted by molar-refractivity contribution is 6.06. The number of rotatable bonds is 4. The fourth-order valence-electron chi connectivity index (χ4n) is 3.12. The molecule has 1 aliphatic heterocycles. The summed E-state index contributed by atoms with van der Waals surface area (Å²) < 4.78 is 5.28. The molecular formula is C21H20N4O3. The van der Waals surface area contributed by atoms with Gasteiger partial charge in [0, 0.05) is 24.7 Å². The van der Waals surface area contributed by atoms with Crippen molar-refractivity contribution in [3.8, 4) is 11.3 Å². The zero-order valence-corrected chi connectivity index (χ0v) is 15.2. The maximum atomic E-state index is 12.6. The lowest BCUT2D eigenvalue weighted by Gasteiger charge is -2.18. The zero-order valence-electron chi connectivity index (χ0n) is 15.2. The summed E-state index contributed by atoms with van der Waals surface area (Å²) in [5.41, 5.74) is 2.05. The smallest absolute Gasteiger partial charge is 0.321 e. The number of aromatic nitrogens is 1. The molecule has 1 aromatic heterocycles. The van der Waals surface area contributed by atoms with Crippen LogP contribution in [0, 0.1) is 0 Å². The third-order valence-corrected chi connectivity index (χ3v) is 4.61. The normalized spacial score (nSPS) is 13.4. The number of carbonyl (C=O) groups is 2. The summed E-state index contributed by atoms with van der Waals surface area (Å²) in [6, 6.07) is 17.9. The Morgan fingerprint density at radius 2 is 1.54 bits per heavy atom. The zero-order chi connectivity index (χ0) is 19.3. The lowest BCUT2D eigenvalue weighted by atomic mass is 10.1. The van der Waals surface area contributed by atoms with Crippen molar-refractivity contribution in [2.75, 3.05) is 23.7 Å². The van der Waals surface area contributed by atoms with Gasteiger partial charge in [-0.15, -0.1) is 0 Å². The predicted molar refractivity (Wildman–Crippen MR) is 106 cm³/mol. The molecule has 0 aliphatic carbocycles. The monoisotopic (exact) mass is 376 g/mol. The van der Waals surface area contributed by atoms with Crippen LogP contribution >= 0.6 is 0 Å². The van der Waals surface area contributed by atoms with Crippen LogP contribution in [0.4, 0.5) is 16.2 Å². The molecule has 2 aromatic carbocycles. The number of para-hydroxylation sites is 2. The van der Waals surface area contributed by atoms with E-state index in [-0.39, 0.29) is 11.7 Å². The van der Waals surface area contributed by atoms with Crippen LogP contribution in [-0.4, -0.2) is 35.1 Å². The predicted octanol–water partition coefficient (Wildman–Crippen LogP) is 4.22. The standard InChI is InChI=1S/C21H20N4O3/c26-20(18-14-19(28-24-18)15-8-2-1-3-9-15)22-16-10-4-5-11-17(16)23-21(27)25-12-6-7-13-25/h1-5,8-11,14H,6-7,12-13H2,(H,22,26)(H,23,27). The highest BCUT2D eigenvalue weighted by atomic mass is 16.5. The van der Waals surface area contributed by atoms with Gasteiger partial charge in [-0.2, -0.15) is 0 Å². The van der Waals surface area contributed by atoms with E-state index in [4.69, 9.17) is 4.52 Å². The number of benzene rings is 2. The van der Waals surface area contributed by atoms with E-state index in [0.29, 0.717) is 17.1 Å². The molecule has 0 saturated carbocycles. The van der Waals surface area contributed by atoms with Gasteiger partial charge in [0.1, 0.15) is 0 Å². The Morgan fingerprint density at radius 1 is 0.893 bits per heavy atom. The number of likely N-dealkylation sites (tertiary alicyclic amines) is 1. The van der Waals surface area contributed by atoms with Gasteiger partial charge in [0.15, 0.2) is 11.5 Å². The van der Waals surface area contributed by atoms with Gasteiger partial charge in [-0.25, -0.2) is 4.79 Å². The van der Waals surface area contributed by atoms with E-state index in [1.807, 2.05) is 30.3 Å². The summed E-state index contributed by atoms with van der Waals surface area (Å²) in [6.07, 6.45) is 2.03. The van der Waals surface area contributed by atoms with Crippen molar-refractivity contribution in [2.45, 2.75) is 12.8 Å². The van der Waals surface area contributed by atoms with E-state index in [2.05, 4.69) is 15.8 Å². The Kier molecular flexibility index (Phi) is 5.05. The Morgan fingerprint density at radius 3 is 2.25 bits per heavy atom. The number of amides is 3. The third kappa shape index (κ3) is 3.88. The Hall–Kier alpha value is -3.61. The van der Waals surface area contributed by atoms with E-state index in [1.165, 1.54) is 0 Å². The van der Waals surface area contributed by atoms with Crippen LogP contribution in [0.3, 0.4) is 0 Å². The van der Waals surface area contributed by atoms with Crippen LogP contribution in [-0.2, 0) is 0 Å². The molecule has 1 fully saturated rings. The largest absolute Gasteiger partial charge is 0.355 e. The molecule has 1 saturated heterocycles. The molecule has 0 radical (unpaired) electrons. The van der Waals surface area contributed by atoms with Crippen LogP contribution in [0.5, 0.6) is 0 Å². The van der Waals surface area contributed by atoms with Gasteiger partial charge in [0.25, 0.3) is 5.91 Å². The van der Waals surface area contributed by atoms with Crippen LogP contribution in [0.15, 0.2) is 65.2 Å². The average Bonchev–Trinajstić information content (AvgIpc) is 3.42. The van der Waals surface area contributed by atoms with Crippen molar-refractivity contribution in [1.82, 2.24) is 10.1 Å². The summed E-state index contributed by atoms with van der Waals surface area (Å²) in [6.45, 7) is 1.50. The SMILES string of the molecule is O=C(Nc1ccccc1NC(=O)N1CCCC1)c1cc(-c2ccccc2)on1. The van der Waals surface area contributed by atoms with Crippen LogP contribution < -0.4 is 10.6 Å².